The van der Waals surface area contributed by atoms with Gasteiger partial charge in [-0.25, -0.2) is 9.38 Å². The Morgan fingerprint density at radius 3 is 2.39 bits per heavy atom. The van der Waals surface area contributed by atoms with Gasteiger partial charge in [-0.15, -0.1) is 0 Å². The molecule has 0 radical (unpaired) electrons. The van der Waals surface area contributed by atoms with Gasteiger partial charge in [0.1, 0.15) is 17.2 Å². The van der Waals surface area contributed by atoms with Crippen molar-refractivity contribution in [1.82, 2.24) is 20.0 Å². The molecule has 41 heavy (non-hydrogen) atoms. The van der Waals surface area contributed by atoms with Crippen molar-refractivity contribution in [3.8, 4) is 0 Å². The number of aliphatic hydroxyl groups excluding tert-OH is 1. The zero-order valence-corrected chi connectivity index (χ0v) is 23.9. The summed E-state index contributed by atoms with van der Waals surface area (Å²) in [6.45, 7) is 3.03. The van der Waals surface area contributed by atoms with Gasteiger partial charge in [-0.2, -0.15) is 0 Å². The SMILES string of the molecule is CC(=O)OCC12CCC(N(C)C(=O)C(=O)N(C)C)(CC1)C1=NC(C(=O)NCc3ccc(F)c(C)c3)C(=O)C(O)N1C2. The Balaban J connectivity index is 1.72. The first kappa shape index (κ1) is 30.1. The van der Waals surface area contributed by atoms with Crippen LogP contribution in [-0.2, 0) is 35.3 Å². The number of nitrogens with zero attached hydrogens (tertiary/aromatic N) is 4. The molecule has 222 valence electrons. The second kappa shape index (κ2) is 11.2. The summed E-state index contributed by atoms with van der Waals surface area (Å²) in [6.07, 6.45) is -0.254. The number of rotatable bonds is 6. The summed E-state index contributed by atoms with van der Waals surface area (Å²) >= 11 is 0. The fourth-order valence-corrected chi connectivity index (χ4v) is 5.91. The molecule has 1 aromatic rings. The van der Waals surface area contributed by atoms with E-state index in [2.05, 4.69) is 10.3 Å². The third kappa shape index (κ3) is 5.54. The molecule has 2 atom stereocenters. The van der Waals surface area contributed by atoms with Crippen molar-refractivity contribution in [3.63, 3.8) is 0 Å². The maximum Gasteiger partial charge on any atom is 0.312 e. The molecule has 5 rings (SSSR count). The first-order valence-corrected chi connectivity index (χ1v) is 13.4. The molecule has 2 bridgehead atoms. The van der Waals surface area contributed by atoms with Crippen molar-refractivity contribution in [2.24, 2.45) is 10.4 Å². The van der Waals surface area contributed by atoms with Crippen LogP contribution in [0.3, 0.4) is 0 Å². The lowest BCUT2D eigenvalue weighted by Crippen LogP contribution is -2.66. The molecule has 3 amide bonds. The number of halogens is 1. The average molecular weight is 574 g/mol. The van der Waals surface area contributed by atoms with Gasteiger partial charge in [0.15, 0.2) is 12.3 Å². The van der Waals surface area contributed by atoms with E-state index in [1.54, 1.807) is 13.0 Å². The number of Topliss-reactive ketones (excluding diaryl/α,β-unsaturated/α-hetero) is 1. The molecule has 1 aromatic carbocycles. The second-order valence-electron chi connectivity index (χ2n) is 11.4. The summed E-state index contributed by atoms with van der Waals surface area (Å²) in [4.78, 5) is 72.5. The maximum absolute atomic E-state index is 13.7. The average Bonchev–Trinajstić information content (AvgIpc) is 3.17. The summed E-state index contributed by atoms with van der Waals surface area (Å²) in [5, 5.41) is 13.9. The molecule has 4 aliphatic rings. The minimum atomic E-state index is -1.76. The minimum Gasteiger partial charge on any atom is -0.465 e. The number of fused-ring (bicyclic) bond motifs is 2. The van der Waals surface area contributed by atoms with Crippen LogP contribution in [0, 0.1) is 18.2 Å². The molecule has 12 nitrogen and oxygen atoms in total. The van der Waals surface area contributed by atoms with Gasteiger partial charge in [0.25, 0.3) is 5.91 Å². The highest BCUT2D eigenvalue weighted by Gasteiger charge is 2.59. The smallest absolute Gasteiger partial charge is 0.312 e. The molecular formula is C28H36FN5O7. The molecule has 2 N–H and O–H groups in total. The first-order chi connectivity index (χ1) is 19.2. The van der Waals surface area contributed by atoms with Crippen LogP contribution in [0.4, 0.5) is 4.39 Å². The molecule has 1 aliphatic carbocycles. The third-order valence-electron chi connectivity index (χ3n) is 8.46. The van der Waals surface area contributed by atoms with E-state index < -0.39 is 52.7 Å². The highest BCUT2D eigenvalue weighted by atomic mass is 19.1. The van der Waals surface area contributed by atoms with Crippen LogP contribution in [0.5, 0.6) is 0 Å². The summed E-state index contributed by atoms with van der Waals surface area (Å²) in [7, 11) is 4.39. The van der Waals surface area contributed by atoms with E-state index in [9.17, 15) is 33.5 Å². The number of amidine groups is 1. The number of hydrogen-bond donors (Lipinski definition) is 2. The van der Waals surface area contributed by atoms with Gasteiger partial charge < -0.3 is 29.9 Å². The first-order valence-electron chi connectivity index (χ1n) is 13.4. The summed E-state index contributed by atoms with van der Waals surface area (Å²) in [5.74, 6) is -3.86. The van der Waals surface area contributed by atoms with Gasteiger partial charge in [-0.3, -0.25) is 24.0 Å². The maximum atomic E-state index is 13.7. The molecule has 3 heterocycles. The minimum absolute atomic E-state index is 0.000755. The zero-order valence-electron chi connectivity index (χ0n) is 23.9. The molecule has 1 saturated carbocycles. The van der Waals surface area contributed by atoms with Crippen LogP contribution < -0.4 is 5.32 Å². The number of benzene rings is 1. The van der Waals surface area contributed by atoms with Gasteiger partial charge in [0.05, 0.1) is 6.61 Å². The molecule has 2 saturated heterocycles. The number of aryl methyl sites for hydroxylation is 1. The Bertz CT molecular complexity index is 1300. The Morgan fingerprint density at radius 2 is 1.80 bits per heavy atom. The normalized spacial score (nSPS) is 26.9. The van der Waals surface area contributed by atoms with Gasteiger partial charge in [0.2, 0.25) is 5.78 Å². The van der Waals surface area contributed by atoms with Crippen molar-refractivity contribution < 1.29 is 38.2 Å². The quantitative estimate of drug-likeness (QED) is 0.277. The van der Waals surface area contributed by atoms with Gasteiger partial charge >= 0.3 is 17.8 Å². The molecular weight excluding hydrogens is 537 g/mol. The fraction of sp³-hybridized carbons (Fsp3) is 0.571. The lowest BCUT2D eigenvalue weighted by Gasteiger charge is -2.48. The number of likely N-dealkylation sites (N-methyl/N-ethyl adjacent to an activating group) is 2. The van der Waals surface area contributed by atoms with Crippen LogP contribution in [0.15, 0.2) is 23.2 Å². The van der Waals surface area contributed by atoms with Crippen LogP contribution in [0.1, 0.15) is 43.7 Å². The Hall–Kier alpha value is -3.87. The van der Waals surface area contributed by atoms with E-state index in [1.165, 1.54) is 50.0 Å². The van der Waals surface area contributed by atoms with Crippen LogP contribution >= 0.6 is 0 Å². The third-order valence-corrected chi connectivity index (χ3v) is 8.46. The largest absolute Gasteiger partial charge is 0.465 e. The fourth-order valence-electron chi connectivity index (χ4n) is 5.91. The predicted molar refractivity (Wildman–Crippen MR) is 144 cm³/mol. The second-order valence-corrected chi connectivity index (χ2v) is 11.4. The highest BCUT2D eigenvalue weighted by molar-refractivity contribution is 6.35. The molecule has 0 spiro atoms. The standard InChI is InChI=1S/C28H36FN5O7/c1-16-12-18(6-7-19(16)29)13-30-22(37)20-21(36)23(38)34-14-27(15-41-17(2)35)8-10-28(11-9-27,26(34)31-20)33(5)25(40)24(39)32(3)4/h6-7,12,20,23,38H,8-11,13-15H2,1-5H3,(H,30,37). The van der Waals surface area contributed by atoms with Gasteiger partial charge in [0, 0.05) is 46.6 Å². The van der Waals surface area contributed by atoms with Gasteiger partial charge in [-0.1, -0.05) is 12.1 Å². The van der Waals surface area contributed by atoms with E-state index in [1.807, 2.05) is 0 Å². The topological polar surface area (TPSA) is 149 Å². The number of hydrogen-bond acceptors (Lipinski definition) is 9. The molecule has 13 heteroatoms. The number of aliphatic hydroxyl groups is 1. The number of ether oxygens (including phenoxy) is 1. The highest BCUT2D eigenvalue weighted by Crippen LogP contribution is 2.50. The zero-order chi connectivity index (χ0) is 30.3. The van der Waals surface area contributed by atoms with E-state index in [4.69, 9.17) is 4.74 Å². The summed E-state index contributed by atoms with van der Waals surface area (Å²) in [5.41, 5.74) is -0.832. The number of aliphatic imine (C=N–C) groups is 1. The number of amides is 3. The van der Waals surface area contributed by atoms with E-state index in [0.717, 1.165) is 4.90 Å². The molecule has 0 aromatic heterocycles. The lowest BCUT2D eigenvalue weighted by atomic mass is 9.68. The Morgan fingerprint density at radius 1 is 1.15 bits per heavy atom. The van der Waals surface area contributed by atoms with Crippen molar-refractivity contribution in [2.75, 3.05) is 34.3 Å². The Kier molecular flexibility index (Phi) is 8.21. The van der Waals surface area contributed by atoms with Gasteiger partial charge in [-0.05, 0) is 49.8 Å². The van der Waals surface area contributed by atoms with E-state index in [0.29, 0.717) is 36.8 Å². The van der Waals surface area contributed by atoms with Crippen molar-refractivity contribution in [3.05, 3.63) is 35.1 Å². The number of nitrogens with one attached hydrogen (secondary N) is 1. The van der Waals surface area contributed by atoms with E-state index in [-0.39, 0.29) is 31.3 Å². The van der Waals surface area contributed by atoms with Crippen LogP contribution in [0.2, 0.25) is 0 Å². The molecule has 3 fully saturated rings. The number of carbonyl (C=O) groups excluding carboxylic acids is 5. The van der Waals surface area contributed by atoms with Crippen molar-refractivity contribution in [1.29, 1.82) is 0 Å². The monoisotopic (exact) mass is 573 g/mol. The van der Waals surface area contributed by atoms with Crippen LogP contribution in [0.25, 0.3) is 0 Å². The molecule has 3 aliphatic heterocycles. The predicted octanol–water partition coefficient (Wildman–Crippen LogP) is 0.143. The number of esters is 1. The van der Waals surface area contributed by atoms with E-state index >= 15 is 0 Å². The van der Waals surface area contributed by atoms with Crippen molar-refractivity contribution in [2.45, 2.75) is 63.9 Å². The summed E-state index contributed by atoms with van der Waals surface area (Å²) < 4.78 is 19.0. The Labute approximate surface area is 237 Å². The lowest BCUT2D eigenvalue weighted by molar-refractivity contribution is -0.153. The summed E-state index contributed by atoms with van der Waals surface area (Å²) in [6, 6.07) is 2.76. The van der Waals surface area contributed by atoms with Crippen LogP contribution in [-0.4, -0.2) is 107 Å². The van der Waals surface area contributed by atoms with Crippen molar-refractivity contribution >= 4 is 35.3 Å². The number of carbonyl (C=O) groups is 5. The molecule has 2 unspecified atom stereocenters. The number of ketones is 1.